The Kier molecular flexibility index (Phi) is 4.85. The summed E-state index contributed by atoms with van der Waals surface area (Å²) < 4.78 is 11.8. The zero-order chi connectivity index (χ0) is 21.5. The van der Waals surface area contributed by atoms with E-state index in [1.54, 1.807) is 48.5 Å². The van der Waals surface area contributed by atoms with Crippen LogP contribution in [0, 0.1) is 13.8 Å². The van der Waals surface area contributed by atoms with Crippen LogP contribution in [0.3, 0.4) is 0 Å². The predicted octanol–water partition coefficient (Wildman–Crippen LogP) is 6.11. The number of benzene rings is 3. The van der Waals surface area contributed by atoms with Crippen molar-refractivity contribution in [2.24, 2.45) is 0 Å². The van der Waals surface area contributed by atoms with Crippen molar-refractivity contribution in [3.63, 3.8) is 0 Å². The van der Waals surface area contributed by atoms with E-state index in [4.69, 9.17) is 9.47 Å². The third-order valence-corrected chi connectivity index (χ3v) is 6.64. The molecule has 31 heavy (non-hydrogen) atoms. The van der Waals surface area contributed by atoms with Crippen LogP contribution in [0.15, 0.2) is 60.7 Å². The van der Waals surface area contributed by atoms with Gasteiger partial charge in [-0.25, -0.2) is 9.59 Å². The molecule has 1 saturated carbocycles. The fourth-order valence-electron chi connectivity index (χ4n) is 5.24. The summed E-state index contributed by atoms with van der Waals surface area (Å²) in [5.41, 5.74) is 5.30. The van der Waals surface area contributed by atoms with Crippen molar-refractivity contribution in [1.82, 2.24) is 0 Å². The Morgan fingerprint density at radius 2 is 1.06 bits per heavy atom. The van der Waals surface area contributed by atoms with Crippen molar-refractivity contribution in [1.29, 1.82) is 0 Å². The molecular weight excluding hydrogens is 388 g/mol. The van der Waals surface area contributed by atoms with Crippen LogP contribution in [0.25, 0.3) is 0 Å². The van der Waals surface area contributed by atoms with Crippen LogP contribution in [0.2, 0.25) is 0 Å². The molecule has 0 N–H and O–H groups in total. The fraction of sp³-hybridized carbons (Fsp3) is 0.259. The molecule has 1 fully saturated rings. The highest BCUT2D eigenvalue weighted by molar-refractivity contribution is 5.94. The monoisotopic (exact) mass is 412 g/mol. The molecule has 2 bridgehead atoms. The topological polar surface area (TPSA) is 52.6 Å². The quantitative estimate of drug-likeness (QED) is 0.383. The third-order valence-electron chi connectivity index (χ3n) is 6.64. The normalized spacial score (nSPS) is 18.5. The summed E-state index contributed by atoms with van der Waals surface area (Å²) in [6.45, 7) is 3.96. The first-order chi connectivity index (χ1) is 15.0. The number of rotatable bonds is 4. The van der Waals surface area contributed by atoms with E-state index < -0.39 is 11.9 Å². The van der Waals surface area contributed by atoms with Crippen LogP contribution < -0.4 is 9.47 Å². The van der Waals surface area contributed by atoms with Gasteiger partial charge in [0.25, 0.3) is 0 Å². The van der Waals surface area contributed by atoms with E-state index >= 15 is 0 Å². The third kappa shape index (κ3) is 3.32. The maximum Gasteiger partial charge on any atom is 0.343 e. The van der Waals surface area contributed by atoms with Crippen molar-refractivity contribution >= 4 is 11.9 Å². The minimum absolute atomic E-state index is 0.363. The van der Waals surface area contributed by atoms with Gasteiger partial charge in [0.1, 0.15) is 0 Å². The average Bonchev–Trinajstić information content (AvgIpc) is 3.43. The number of esters is 2. The number of carbonyl (C=O) groups is 2. The maximum absolute atomic E-state index is 12.9. The van der Waals surface area contributed by atoms with E-state index in [-0.39, 0.29) is 0 Å². The molecule has 0 spiro atoms. The van der Waals surface area contributed by atoms with E-state index in [0.29, 0.717) is 34.5 Å². The van der Waals surface area contributed by atoms with E-state index in [0.717, 1.165) is 30.4 Å². The molecule has 0 saturated heterocycles. The molecule has 3 aromatic carbocycles. The Bertz CT molecular complexity index is 1070. The molecular formula is C27H24O4. The summed E-state index contributed by atoms with van der Waals surface area (Å²) in [5.74, 6) is 0.800. The van der Waals surface area contributed by atoms with Gasteiger partial charge < -0.3 is 9.47 Å². The van der Waals surface area contributed by atoms with Crippen molar-refractivity contribution in [2.75, 3.05) is 0 Å². The summed E-state index contributed by atoms with van der Waals surface area (Å²) in [6.07, 6.45) is 3.44. The van der Waals surface area contributed by atoms with Gasteiger partial charge in [0, 0.05) is 0 Å². The van der Waals surface area contributed by atoms with Gasteiger partial charge in [-0.2, -0.15) is 0 Å². The smallest absolute Gasteiger partial charge is 0.343 e. The van der Waals surface area contributed by atoms with Gasteiger partial charge in [-0.05, 0) is 91.5 Å². The standard InChI is InChI=1S/C27H24O4/c1-16-22-20-13-14-21(15-20)23(22)17(2)25(31-27(29)19-11-7-4-8-12-19)24(16)30-26(28)18-9-5-3-6-10-18/h3-12,20-21H,13-15H2,1-2H3. The molecule has 156 valence electrons. The second-order valence-electron chi connectivity index (χ2n) is 8.45. The van der Waals surface area contributed by atoms with Crippen molar-refractivity contribution in [3.05, 3.63) is 94.0 Å². The molecule has 0 aromatic heterocycles. The molecule has 4 heteroatoms. The molecule has 5 rings (SSSR count). The Labute approximate surface area is 181 Å². The summed E-state index contributed by atoms with van der Waals surface area (Å²) in [6, 6.07) is 17.8. The van der Waals surface area contributed by atoms with Gasteiger partial charge in [0.2, 0.25) is 0 Å². The highest BCUT2D eigenvalue weighted by atomic mass is 16.6. The molecule has 0 radical (unpaired) electrons. The van der Waals surface area contributed by atoms with Crippen LogP contribution in [0.1, 0.15) is 74.1 Å². The minimum Gasteiger partial charge on any atom is -0.419 e. The van der Waals surface area contributed by atoms with E-state index in [9.17, 15) is 9.59 Å². The molecule has 0 aliphatic heterocycles. The molecule has 2 aliphatic carbocycles. The van der Waals surface area contributed by atoms with Crippen molar-refractivity contribution in [3.8, 4) is 11.5 Å². The van der Waals surface area contributed by atoms with Crippen LogP contribution >= 0.6 is 0 Å². The second-order valence-corrected chi connectivity index (χ2v) is 8.45. The van der Waals surface area contributed by atoms with Gasteiger partial charge in [-0.1, -0.05) is 36.4 Å². The first-order valence-electron chi connectivity index (χ1n) is 10.8. The Morgan fingerprint density at radius 1 is 0.677 bits per heavy atom. The largest absolute Gasteiger partial charge is 0.419 e. The minimum atomic E-state index is -0.455. The molecule has 2 atom stereocenters. The van der Waals surface area contributed by atoms with Gasteiger partial charge >= 0.3 is 11.9 Å². The number of carbonyl (C=O) groups excluding carboxylic acids is 2. The van der Waals surface area contributed by atoms with Crippen LogP contribution in [-0.2, 0) is 0 Å². The summed E-state index contributed by atoms with van der Waals surface area (Å²) in [7, 11) is 0. The Balaban J connectivity index is 1.60. The van der Waals surface area contributed by atoms with E-state index in [1.165, 1.54) is 11.1 Å². The van der Waals surface area contributed by atoms with Gasteiger partial charge in [0.15, 0.2) is 11.5 Å². The van der Waals surface area contributed by atoms with E-state index in [1.807, 2.05) is 26.0 Å². The highest BCUT2D eigenvalue weighted by Crippen LogP contribution is 2.58. The Hall–Kier alpha value is -3.40. The van der Waals surface area contributed by atoms with Crippen LogP contribution in [-0.4, -0.2) is 11.9 Å². The van der Waals surface area contributed by atoms with Crippen LogP contribution in [0.5, 0.6) is 11.5 Å². The van der Waals surface area contributed by atoms with Crippen molar-refractivity contribution < 1.29 is 19.1 Å². The molecule has 3 aromatic rings. The molecule has 2 aliphatic rings. The lowest BCUT2D eigenvalue weighted by molar-refractivity contribution is 0.0680. The lowest BCUT2D eigenvalue weighted by Crippen LogP contribution is -2.16. The molecule has 4 nitrogen and oxygen atoms in total. The lowest BCUT2D eigenvalue weighted by Gasteiger charge is -2.25. The summed E-state index contributed by atoms with van der Waals surface area (Å²) >= 11 is 0. The zero-order valence-corrected chi connectivity index (χ0v) is 17.7. The summed E-state index contributed by atoms with van der Waals surface area (Å²) in [5, 5.41) is 0. The van der Waals surface area contributed by atoms with Crippen molar-refractivity contribution in [2.45, 2.75) is 44.9 Å². The molecule has 0 amide bonds. The number of hydrogen-bond acceptors (Lipinski definition) is 4. The summed E-state index contributed by atoms with van der Waals surface area (Å²) in [4.78, 5) is 25.8. The van der Waals surface area contributed by atoms with Gasteiger partial charge in [0.05, 0.1) is 11.1 Å². The molecule has 0 heterocycles. The van der Waals surface area contributed by atoms with E-state index in [2.05, 4.69) is 0 Å². The maximum atomic E-state index is 12.9. The predicted molar refractivity (Wildman–Crippen MR) is 118 cm³/mol. The van der Waals surface area contributed by atoms with Gasteiger partial charge in [-0.3, -0.25) is 0 Å². The number of ether oxygens (including phenoxy) is 2. The van der Waals surface area contributed by atoms with Gasteiger partial charge in [-0.15, -0.1) is 0 Å². The fourth-order valence-corrected chi connectivity index (χ4v) is 5.24. The zero-order valence-electron chi connectivity index (χ0n) is 17.7. The Morgan fingerprint density at radius 3 is 1.45 bits per heavy atom. The average molecular weight is 412 g/mol. The number of fused-ring (bicyclic) bond motifs is 5. The SMILES string of the molecule is Cc1c(OC(=O)c2ccccc2)c(OC(=O)c2ccccc2)c(C)c2c1C1CCC2C1. The highest BCUT2D eigenvalue weighted by Gasteiger charge is 2.42. The first-order valence-corrected chi connectivity index (χ1v) is 10.8. The second kappa shape index (κ2) is 7.69. The number of hydrogen-bond donors (Lipinski definition) is 0. The molecule has 2 unspecified atom stereocenters. The lowest BCUT2D eigenvalue weighted by atomic mass is 9.85. The van der Waals surface area contributed by atoms with Crippen LogP contribution in [0.4, 0.5) is 0 Å². The first kappa shape index (κ1) is 19.6.